The van der Waals surface area contributed by atoms with E-state index in [4.69, 9.17) is 4.74 Å². The first-order valence-corrected chi connectivity index (χ1v) is 38.9. The zero-order chi connectivity index (χ0) is 60.6. The molecular formula is C78H153NO5. The van der Waals surface area contributed by atoms with E-state index in [9.17, 15) is 19.8 Å². The van der Waals surface area contributed by atoms with Gasteiger partial charge in [-0.15, -0.1) is 0 Å². The van der Waals surface area contributed by atoms with Crippen LogP contribution in [0.4, 0.5) is 0 Å². The van der Waals surface area contributed by atoms with Gasteiger partial charge in [-0.3, -0.25) is 9.59 Å². The lowest BCUT2D eigenvalue weighted by Gasteiger charge is -2.22. The SMILES string of the molecule is CCCCCCCCCCCCCCCCCCCCCCCCCCC(O)C(CO)NC(=O)CCCCCCCCCCC/C=C\CCCCCCCCCCCCCCOC(=O)CCCCCCCCCCCCCCCCCCCC. The summed E-state index contributed by atoms with van der Waals surface area (Å²) in [5.41, 5.74) is 0. The first-order valence-electron chi connectivity index (χ1n) is 38.9. The molecule has 1 amide bonds. The minimum absolute atomic E-state index is 0.0194. The Morgan fingerprint density at radius 3 is 0.845 bits per heavy atom. The standard InChI is InChI=1S/C78H153NO5/c1-3-5-7-9-11-13-15-17-19-21-23-24-25-29-32-35-38-42-46-50-54-58-62-66-70-76(81)75(74-80)79-77(82)71-67-63-59-55-51-47-43-39-36-33-30-27-26-28-31-34-37-41-45-49-53-57-61-65-69-73-84-78(83)72-68-64-60-56-52-48-44-40-22-20-18-16-14-12-10-8-6-4-2/h27,30,75-76,80-81H,3-26,28-29,31-74H2,1-2H3,(H,79,82)/b30-27-. The highest BCUT2D eigenvalue weighted by Crippen LogP contribution is 2.20. The quantitative estimate of drug-likeness (QED) is 0.0320. The smallest absolute Gasteiger partial charge is 0.305 e. The highest BCUT2D eigenvalue weighted by molar-refractivity contribution is 5.76. The van der Waals surface area contributed by atoms with Crippen LogP contribution in [0.2, 0.25) is 0 Å². The van der Waals surface area contributed by atoms with E-state index in [1.54, 1.807) is 0 Å². The molecule has 0 saturated heterocycles. The van der Waals surface area contributed by atoms with Crippen molar-refractivity contribution in [3.63, 3.8) is 0 Å². The number of aliphatic hydroxyl groups is 2. The summed E-state index contributed by atoms with van der Waals surface area (Å²) in [5, 5.41) is 23.5. The highest BCUT2D eigenvalue weighted by Gasteiger charge is 2.20. The molecule has 0 saturated carbocycles. The van der Waals surface area contributed by atoms with Gasteiger partial charge in [0.25, 0.3) is 0 Å². The fraction of sp³-hybridized carbons (Fsp3) is 0.949. The lowest BCUT2D eigenvalue weighted by molar-refractivity contribution is -0.143. The molecule has 0 aliphatic rings. The fourth-order valence-corrected chi connectivity index (χ4v) is 12.6. The number of unbranched alkanes of at least 4 members (excludes halogenated alkanes) is 61. The molecule has 500 valence electrons. The van der Waals surface area contributed by atoms with E-state index in [0.29, 0.717) is 25.9 Å². The Balaban J connectivity index is 3.37. The number of nitrogens with one attached hydrogen (secondary N) is 1. The van der Waals surface area contributed by atoms with Gasteiger partial charge < -0.3 is 20.3 Å². The van der Waals surface area contributed by atoms with Crippen LogP contribution in [0.5, 0.6) is 0 Å². The molecule has 0 fully saturated rings. The summed E-state index contributed by atoms with van der Waals surface area (Å²) < 4.78 is 5.51. The predicted molar refractivity (Wildman–Crippen MR) is 370 cm³/mol. The summed E-state index contributed by atoms with van der Waals surface area (Å²) in [6.45, 7) is 5.01. The monoisotopic (exact) mass is 1180 g/mol. The van der Waals surface area contributed by atoms with E-state index < -0.39 is 12.1 Å². The van der Waals surface area contributed by atoms with Crippen LogP contribution in [0.1, 0.15) is 450 Å². The third kappa shape index (κ3) is 69.7. The van der Waals surface area contributed by atoms with Crippen LogP contribution in [0, 0.1) is 0 Å². The zero-order valence-corrected chi connectivity index (χ0v) is 57.4. The molecule has 0 radical (unpaired) electrons. The molecule has 2 atom stereocenters. The molecule has 0 aliphatic heterocycles. The van der Waals surface area contributed by atoms with Gasteiger partial charge in [0.2, 0.25) is 5.91 Å². The molecule has 84 heavy (non-hydrogen) atoms. The Bertz CT molecular complexity index is 1270. The molecule has 0 aromatic carbocycles. The largest absolute Gasteiger partial charge is 0.466 e. The van der Waals surface area contributed by atoms with Crippen LogP contribution in [-0.4, -0.2) is 47.4 Å². The van der Waals surface area contributed by atoms with Crippen LogP contribution >= 0.6 is 0 Å². The maximum Gasteiger partial charge on any atom is 0.305 e. The number of allylic oxidation sites excluding steroid dienone is 2. The van der Waals surface area contributed by atoms with E-state index in [1.807, 2.05) is 0 Å². The molecule has 0 aliphatic carbocycles. The van der Waals surface area contributed by atoms with Crippen molar-refractivity contribution in [1.29, 1.82) is 0 Å². The zero-order valence-electron chi connectivity index (χ0n) is 57.4. The third-order valence-corrected chi connectivity index (χ3v) is 18.6. The number of hydrogen-bond donors (Lipinski definition) is 3. The topological polar surface area (TPSA) is 95.9 Å². The summed E-state index contributed by atoms with van der Waals surface area (Å²) in [6.07, 6.45) is 92.9. The summed E-state index contributed by atoms with van der Waals surface area (Å²) in [6, 6.07) is -0.545. The highest BCUT2D eigenvalue weighted by atomic mass is 16.5. The van der Waals surface area contributed by atoms with E-state index >= 15 is 0 Å². The van der Waals surface area contributed by atoms with Gasteiger partial charge in [0.15, 0.2) is 0 Å². The van der Waals surface area contributed by atoms with Crippen LogP contribution in [0.25, 0.3) is 0 Å². The van der Waals surface area contributed by atoms with Gasteiger partial charge in [0, 0.05) is 12.8 Å². The predicted octanol–water partition coefficient (Wildman–Crippen LogP) is 25.5. The molecule has 0 spiro atoms. The number of amides is 1. The molecule has 0 heterocycles. The number of rotatable bonds is 74. The molecule has 0 rings (SSSR count). The van der Waals surface area contributed by atoms with Gasteiger partial charge in [0.05, 0.1) is 25.4 Å². The van der Waals surface area contributed by atoms with Crippen LogP contribution < -0.4 is 5.32 Å². The average molecular weight is 1190 g/mol. The first-order chi connectivity index (χ1) is 41.5. The van der Waals surface area contributed by atoms with Crippen molar-refractivity contribution in [2.75, 3.05) is 13.2 Å². The molecule has 2 unspecified atom stereocenters. The molecule has 3 N–H and O–H groups in total. The van der Waals surface area contributed by atoms with Crippen LogP contribution in [0.15, 0.2) is 12.2 Å². The second-order valence-electron chi connectivity index (χ2n) is 27.0. The second kappa shape index (κ2) is 74.1. The van der Waals surface area contributed by atoms with E-state index in [-0.39, 0.29) is 18.5 Å². The minimum atomic E-state index is -0.667. The van der Waals surface area contributed by atoms with Crippen molar-refractivity contribution in [1.82, 2.24) is 5.32 Å². The molecule has 0 aromatic heterocycles. The van der Waals surface area contributed by atoms with Crippen molar-refractivity contribution in [2.24, 2.45) is 0 Å². The second-order valence-corrected chi connectivity index (χ2v) is 27.0. The lowest BCUT2D eigenvalue weighted by atomic mass is 10.0. The Morgan fingerprint density at radius 1 is 0.321 bits per heavy atom. The average Bonchev–Trinajstić information content (AvgIpc) is 3.53. The van der Waals surface area contributed by atoms with Gasteiger partial charge in [-0.05, 0) is 51.4 Å². The van der Waals surface area contributed by atoms with Crippen molar-refractivity contribution in [2.45, 2.75) is 463 Å². The van der Waals surface area contributed by atoms with Gasteiger partial charge in [-0.25, -0.2) is 0 Å². The third-order valence-electron chi connectivity index (χ3n) is 18.6. The van der Waals surface area contributed by atoms with E-state index in [0.717, 1.165) is 38.5 Å². The molecular weight excluding hydrogens is 1030 g/mol. The van der Waals surface area contributed by atoms with Crippen molar-refractivity contribution in [3.05, 3.63) is 12.2 Å². The van der Waals surface area contributed by atoms with Crippen LogP contribution in [0.3, 0.4) is 0 Å². The number of ether oxygens (including phenoxy) is 1. The Kier molecular flexibility index (Phi) is 72.8. The van der Waals surface area contributed by atoms with E-state index in [1.165, 1.54) is 379 Å². The summed E-state index contributed by atoms with van der Waals surface area (Å²) in [5.74, 6) is -0.0127. The summed E-state index contributed by atoms with van der Waals surface area (Å²) in [4.78, 5) is 24.7. The van der Waals surface area contributed by atoms with Crippen molar-refractivity contribution >= 4 is 11.9 Å². The molecule has 0 aromatic rings. The number of carbonyl (C=O) groups is 2. The maximum atomic E-state index is 12.6. The Labute approximate surface area is 527 Å². The van der Waals surface area contributed by atoms with Gasteiger partial charge in [-0.2, -0.15) is 0 Å². The van der Waals surface area contributed by atoms with Crippen LogP contribution in [-0.2, 0) is 14.3 Å². The van der Waals surface area contributed by atoms with E-state index in [2.05, 4.69) is 31.3 Å². The summed E-state index contributed by atoms with van der Waals surface area (Å²) >= 11 is 0. The number of aliphatic hydroxyl groups excluding tert-OH is 2. The minimum Gasteiger partial charge on any atom is -0.466 e. The number of esters is 1. The summed E-state index contributed by atoms with van der Waals surface area (Å²) in [7, 11) is 0. The fourth-order valence-electron chi connectivity index (χ4n) is 12.6. The Morgan fingerprint density at radius 2 is 0.560 bits per heavy atom. The molecule has 0 bridgehead atoms. The number of carbonyl (C=O) groups excluding carboxylic acids is 2. The lowest BCUT2D eigenvalue weighted by Crippen LogP contribution is -2.45. The first kappa shape index (κ1) is 82.6. The Hall–Kier alpha value is -1.40. The van der Waals surface area contributed by atoms with Crippen molar-refractivity contribution < 1.29 is 24.5 Å². The normalized spacial score (nSPS) is 12.5. The van der Waals surface area contributed by atoms with Gasteiger partial charge in [-0.1, -0.05) is 398 Å². The van der Waals surface area contributed by atoms with Crippen molar-refractivity contribution in [3.8, 4) is 0 Å². The molecule has 6 heteroatoms. The van der Waals surface area contributed by atoms with Gasteiger partial charge in [0.1, 0.15) is 0 Å². The number of hydrogen-bond acceptors (Lipinski definition) is 5. The maximum absolute atomic E-state index is 12.6. The van der Waals surface area contributed by atoms with Gasteiger partial charge >= 0.3 is 5.97 Å². The molecule has 6 nitrogen and oxygen atoms in total.